The van der Waals surface area contributed by atoms with Crippen molar-refractivity contribution in [3.8, 4) is 5.75 Å². The molecule has 1 N–H and O–H groups in total. The third-order valence-electron chi connectivity index (χ3n) is 3.78. The molecule has 0 spiro atoms. The zero-order valence-electron chi connectivity index (χ0n) is 12.1. The Labute approximate surface area is 122 Å². The standard InChI is InChI=1S/C15H18FNO4/c1-10-3-4-11(16)12(7-10)21-8-13(18)17-6-5-15(2,9-17)14(19)20/h3-4,7H,5-6,8-9H2,1-2H3,(H,19,20). The minimum Gasteiger partial charge on any atom is -0.481 e. The molecule has 1 amide bonds. The molecule has 1 heterocycles. The van der Waals surface area contributed by atoms with Gasteiger partial charge in [-0.3, -0.25) is 9.59 Å². The van der Waals surface area contributed by atoms with Crippen molar-refractivity contribution >= 4 is 11.9 Å². The van der Waals surface area contributed by atoms with E-state index in [-0.39, 0.29) is 24.8 Å². The number of halogens is 1. The Morgan fingerprint density at radius 3 is 2.81 bits per heavy atom. The van der Waals surface area contributed by atoms with Gasteiger partial charge in [-0.15, -0.1) is 0 Å². The maximum Gasteiger partial charge on any atom is 0.311 e. The van der Waals surface area contributed by atoms with E-state index in [1.807, 2.05) is 0 Å². The molecule has 0 aliphatic carbocycles. The van der Waals surface area contributed by atoms with E-state index < -0.39 is 17.2 Å². The van der Waals surface area contributed by atoms with Crippen molar-refractivity contribution in [1.82, 2.24) is 4.90 Å². The first-order valence-corrected chi connectivity index (χ1v) is 6.72. The lowest BCUT2D eigenvalue weighted by molar-refractivity contribution is -0.147. The van der Waals surface area contributed by atoms with Crippen molar-refractivity contribution in [2.24, 2.45) is 5.41 Å². The summed E-state index contributed by atoms with van der Waals surface area (Å²) in [7, 11) is 0. The fraction of sp³-hybridized carbons (Fsp3) is 0.467. The molecule has 1 aliphatic heterocycles. The number of likely N-dealkylation sites (tertiary alicyclic amines) is 1. The number of benzene rings is 1. The van der Waals surface area contributed by atoms with Crippen molar-refractivity contribution in [1.29, 1.82) is 0 Å². The van der Waals surface area contributed by atoms with Crippen LogP contribution >= 0.6 is 0 Å². The van der Waals surface area contributed by atoms with Crippen molar-refractivity contribution in [2.45, 2.75) is 20.3 Å². The number of hydrogen-bond donors (Lipinski definition) is 1. The van der Waals surface area contributed by atoms with Gasteiger partial charge in [-0.2, -0.15) is 0 Å². The van der Waals surface area contributed by atoms with Gasteiger partial charge >= 0.3 is 5.97 Å². The Hall–Kier alpha value is -2.11. The van der Waals surface area contributed by atoms with Gasteiger partial charge in [0, 0.05) is 13.1 Å². The summed E-state index contributed by atoms with van der Waals surface area (Å²) in [5.74, 6) is -1.74. The van der Waals surface area contributed by atoms with Crippen molar-refractivity contribution in [3.63, 3.8) is 0 Å². The van der Waals surface area contributed by atoms with Gasteiger partial charge in [0.2, 0.25) is 0 Å². The zero-order valence-corrected chi connectivity index (χ0v) is 12.1. The number of rotatable bonds is 4. The average molecular weight is 295 g/mol. The quantitative estimate of drug-likeness (QED) is 0.920. The predicted molar refractivity (Wildman–Crippen MR) is 73.6 cm³/mol. The van der Waals surface area contributed by atoms with Crippen LogP contribution in [0.5, 0.6) is 5.75 Å². The van der Waals surface area contributed by atoms with Gasteiger partial charge in [0.25, 0.3) is 5.91 Å². The molecule has 1 atom stereocenters. The summed E-state index contributed by atoms with van der Waals surface area (Å²) in [5.41, 5.74) is -0.0805. The molecular weight excluding hydrogens is 277 g/mol. The number of hydrogen-bond acceptors (Lipinski definition) is 3. The van der Waals surface area contributed by atoms with E-state index in [2.05, 4.69) is 0 Å². The molecule has 1 unspecified atom stereocenters. The molecule has 0 radical (unpaired) electrons. The topological polar surface area (TPSA) is 66.8 Å². The highest BCUT2D eigenvalue weighted by molar-refractivity contribution is 5.81. The van der Waals surface area contributed by atoms with Gasteiger partial charge in [0.05, 0.1) is 5.41 Å². The SMILES string of the molecule is Cc1ccc(F)c(OCC(=O)N2CCC(C)(C(=O)O)C2)c1. The Balaban J connectivity index is 1.94. The number of carbonyl (C=O) groups is 2. The predicted octanol–water partition coefficient (Wildman–Crippen LogP) is 1.84. The number of carboxylic acid groups (broad SMARTS) is 1. The lowest BCUT2D eigenvalue weighted by atomic mass is 9.90. The van der Waals surface area contributed by atoms with Crippen molar-refractivity contribution in [3.05, 3.63) is 29.6 Å². The number of ether oxygens (including phenoxy) is 1. The first kappa shape index (κ1) is 15.3. The van der Waals surface area contributed by atoms with E-state index >= 15 is 0 Å². The van der Waals surface area contributed by atoms with Gasteiger partial charge in [0.1, 0.15) is 0 Å². The van der Waals surface area contributed by atoms with Crippen LogP contribution in [0, 0.1) is 18.2 Å². The van der Waals surface area contributed by atoms with Gasteiger partial charge in [-0.25, -0.2) is 4.39 Å². The molecule has 0 aromatic heterocycles. The number of nitrogens with zero attached hydrogens (tertiary/aromatic N) is 1. The van der Waals surface area contributed by atoms with Crippen LogP contribution in [-0.2, 0) is 9.59 Å². The first-order chi connectivity index (χ1) is 9.82. The zero-order chi connectivity index (χ0) is 15.6. The number of carbonyl (C=O) groups excluding carboxylic acids is 1. The van der Waals surface area contributed by atoms with E-state index in [4.69, 9.17) is 9.84 Å². The highest BCUT2D eigenvalue weighted by Gasteiger charge is 2.42. The Morgan fingerprint density at radius 2 is 2.19 bits per heavy atom. The van der Waals surface area contributed by atoms with Gasteiger partial charge in [0.15, 0.2) is 18.2 Å². The van der Waals surface area contributed by atoms with Crippen LogP contribution in [0.15, 0.2) is 18.2 Å². The maximum absolute atomic E-state index is 13.5. The van der Waals surface area contributed by atoms with Crippen LogP contribution in [0.25, 0.3) is 0 Å². The summed E-state index contributed by atoms with van der Waals surface area (Å²) in [6.07, 6.45) is 0.410. The summed E-state index contributed by atoms with van der Waals surface area (Å²) in [6.45, 7) is 3.65. The van der Waals surface area contributed by atoms with Crippen LogP contribution in [0.3, 0.4) is 0 Å². The molecule has 21 heavy (non-hydrogen) atoms. The molecule has 5 nitrogen and oxygen atoms in total. The van der Waals surface area contributed by atoms with Crippen LogP contribution in [-0.4, -0.2) is 41.6 Å². The fourth-order valence-electron chi connectivity index (χ4n) is 2.30. The van der Waals surface area contributed by atoms with E-state index in [1.165, 1.54) is 17.0 Å². The second kappa shape index (κ2) is 5.71. The van der Waals surface area contributed by atoms with E-state index in [9.17, 15) is 14.0 Å². The molecule has 0 saturated carbocycles. The summed E-state index contributed by atoms with van der Waals surface area (Å²) < 4.78 is 18.7. The maximum atomic E-state index is 13.5. The van der Waals surface area contributed by atoms with Crippen LogP contribution in [0.2, 0.25) is 0 Å². The van der Waals surface area contributed by atoms with Gasteiger partial charge in [-0.1, -0.05) is 6.07 Å². The van der Waals surface area contributed by atoms with E-state index in [1.54, 1.807) is 19.9 Å². The highest BCUT2D eigenvalue weighted by atomic mass is 19.1. The summed E-state index contributed by atoms with van der Waals surface area (Å²) in [4.78, 5) is 24.6. The third kappa shape index (κ3) is 3.32. The Morgan fingerprint density at radius 1 is 1.48 bits per heavy atom. The largest absolute Gasteiger partial charge is 0.481 e. The smallest absolute Gasteiger partial charge is 0.311 e. The van der Waals surface area contributed by atoms with E-state index in [0.717, 1.165) is 5.56 Å². The normalized spacial score (nSPS) is 21.4. The average Bonchev–Trinajstić information content (AvgIpc) is 2.84. The number of amides is 1. The minimum absolute atomic E-state index is 0.0311. The monoisotopic (exact) mass is 295 g/mol. The van der Waals surface area contributed by atoms with Crippen molar-refractivity contribution < 1.29 is 23.8 Å². The lowest BCUT2D eigenvalue weighted by Gasteiger charge is -2.20. The second-order valence-electron chi connectivity index (χ2n) is 5.65. The molecule has 2 rings (SSSR count). The first-order valence-electron chi connectivity index (χ1n) is 6.72. The summed E-state index contributed by atoms with van der Waals surface area (Å²) in [5, 5.41) is 9.13. The molecule has 6 heteroatoms. The Kier molecular flexibility index (Phi) is 4.16. The van der Waals surface area contributed by atoms with Crippen LogP contribution in [0.4, 0.5) is 4.39 Å². The van der Waals surface area contributed by atoms with Crippen molar-refractivity contribution in [2.75, 3.05) is 19.7 Å². The third-order valence-corrected chi connectivity index (χ3v) is 3.78. The molecular formula is C15H18FNO4. The van der Waals surface area contributed by atoms with Crippen LogP contribution < -0.4 is 4.74 Å². The molecule has 1 aromatic rings. The molecule has 1 fully saturated rings. The number of aliphatic carboxylic acids is 1. The molecule has 1 saturated heterocycles. The molecule has 1 aromatic carbocycles. The molecule has 0 bridgehead atoms. The second-order valence-corrected chi connectivity index (χ2v) is 5.65. The van der Waals surface area contributed by atoms with Crippen LogP contribution in [0.1, 0.15) is 18.9 Å². The summed E-state index contributed by atoms with van der Waals surface area (Å²) >= 11 is 0. The Bertz CT molecular complexity index is 575. The van der Waals surface area contributed by atoms with Gasteiger partial charge < -0.3 is 14.7 Å². The number of aryl methyl sites for hydroxylation is 1. The minimum atomic E-state index is -0.913. The molecule has 114 valence electrons. The van der Waals surface area contributed by atoms with E-state index in [0.29, 0.717) is 13.0 Å². The summed E-state index contributed by atoms with van der Waals surface area (Å²) in [6, 6.07) is 4.42. The molecule has 1 aliphatic rings. The fourth-order valence-corrected chi connectivity index (χ4v) is 2.30. The van der Waals surface area contributed by atoms with Gasteiger partial charge in [-0.05, 0) is 38.0 Å². The number of carboxylic acids is 1. The highest BCUT2D eigenvalue weighted by Crippen LogP contribution is 2.30. The lowest BCUT2D eigenvalue weighted by Crippen LogP contribution is -2.37.